The van der Waals surface area contributed by atoms with E-state index in [1.165, 1.54) is 0 Å². The molecule has 0 N–H and O–H groups in total. The summed E-state index contributed by atoms with van der Waals surface area (Å²) in [4.78, 5) is 47.2. The maximum atomic E-state index is 12.6. The molecule has 3 rings (SSSR count). The van der Waals surface area contributed by atoms with E-state index >= 15 is 0 Å². The summed E-state index contributed by atoms with van der Waals surface area (Å²) in [5, 5.41) is 0. The summed E-state index contributed by atoms with van der Waals surface area (Å²) in [7, 11) is 0. The molecule has 2 saturated carbocycles. The Balaban J connectivity index is 1.34. The summed E-state index contributed by atoms with van der Waals surface area (Å²) in [5.41, 5.74) is 0. The Morgan fingerprint density at radius 2 is 0.974 bits per heavy atom. The van der Waals surface area contributed by atoms with Crippen LogP contribution in [0.15, 0.2) is 49.6 Å². The standard InChI is InChI=1S/C28H34O10/c1-3-25(29)35-17-33-21-9-5-19(6-10-21)27(31)37-23-13-15-24(16-14-23)38-28(32)20-7-11-22(12-8-20)34-18-36-26(30)4-2/h3-4,13-16,19-22H,1-2,5-12,17-18H2. The maximum Gasteiger partial charge on any atom is 0.332 e. The second kappa shape index (κ2) is 15.0. The van der Waals surface area contributed by atoms with E-state index in [0.717, 1.165) is 12.2 Å². The zero-order chi connectivity index (χ0) is 27.3. The van der Waals surface area contributed by atoms with Gasteiger partial charge >= 0.3 is 23.9 Å². The molecule has 0 bridgehead atoms. The molecular formula is C28H34O10. The lowest BCUT2D eigenvalue weighted by atomic mass is 9.87. The summed E-state index contributed by atoms with van der Waals surface area (Å²) in [6, 6.07) is 6.38. The van der Waals surface area contributed by atoms with E-state index in [1.54, 1.807) is 24.3 Å². The van der Waals surface area contributed by atoms with Crippen LogP contribution >= 0.6 is 0 Å². The largest absolute Gasteiger partial charge is 0.435 e. The van der Waals surface area contributed by atoms with Crippen LogP contribution in [0.4, 0.5) is 0 Å². The van der Waals surface area contributed by atoms with E-state index in [-0.39, 0.29) is 49.6 Å². The Morgan fingerprint density at radius 1 is 0.632 bits per heavy atom. The van der Waals surface area contributed by atoms with Crippen molar-refractivity contribution < 1.29 is 47.6 Å². The molecular weight excluding hydrogens is 496 g/mol. The van der Waals surface area contributed by atoms with Crippen LogP contribution in [0.1, 0.15) is 51.4 Å². The number of ether oxygens (including phenoxy) is 6. The van der Waals surface area contributed by atoms with Crippen molar-refractivity contribution in [3.05, 3.63) is 49.6 Å². The summed E-state index contributed by atoms with van der Waals surface area (Å²) in [6.07, 6.45) is 7.11. The van der Waals surface area contributed by atoms with Crippen LogP contribution < -0.4 is 9.47 Å². The fraction of sp³-hybridized carbons (Fsp3) is 0.500. The lowest BCUT2D eigenvalue weighted by Crippen LogP contribution is -2.29. The third-order valence-electron chi connectivity index (χ3n) is 6.62. The third-order valence-corrected chi connectivity index (χ3v) is 6.62. The molecule has 0 heterocycles. The predicted octanol–water partition coefficient (Wildman–Crippen LogP) is 4.02. The van der Waals surface area contributed by atoms with Crippen molar-refractivity contribution in [2.45, 2.75) is 63.6 Å². The van der Waals surface area contributed by atoms with Gasteiger partial charge < -0.3 is 28.4 Å². The van der Waals surface area contributed by atoms with Crippen LogP contribution in [-0.4, -0.2) is 49.7 Å². The number of rotatable bonds is 12. The highest BCUT2D eigenvalue weighted by Gasteiger charge is 2.30. The van der Waals surface area contributed by atoms with Gasteiger partial charge in [-0.05, 0) is 75.6 Å². The van der Waals surface area contributed by atoms with Crippen molar-refractivity contribution in [1.29, 1.82) is 0 Å². The molecule has 0 spiro atoms. The first-order chi connectivity index (χ1) is 18.4. The smallest absolute Gasteiger partial charge is 0.332 e. The molecule has 2 fully saturated rings. The normalized spacial score (nSPS) is 22.9. The minimum absolute atomic E-state index is 0.0739. The molecule has 0 aliphatic heterocycles. The van der Waals surface area contributed by atoms with E-state index in [4.69, 9.17) is 28.4 Å². The number of hydrogen-bond acceptors (Lipinski definition) is 10. The predicted molar refractivity (Wildman–Crippen MR) is 134 cm³/mol. The zero-order valence-electron chi connectivity index (χ0n) is 21.3. The molecule has 1 aromatic carbocycles. The van der Waals surface area contributed by atoms with Crippen LogP contribution in [0.25, 0.3) is 0 Å². The molecule has 0 radical (unpaired) electrons. The van der Waals surface area contributed by atoms with Gasteiger partial charge in [-0.3, -0.25) is 9.59 Å². The Hall–Kier alpha value is -3.50. The molecule has 0 saturated heterocycles. The van der Waals surface area contributed by atoms with Gasteiger partial charge in [-0.15, -0.1) is 0 Å². The second-order valence-electron chi connectivity index (χ2n) is 9.16. The average molecular weight is 531 g/mol. The summed E-state index contributed by atoms with van der Waals surface area (Å²) in [6.45, 7) is 6.38. The van der Waals surface area contributed by atoms with Gasteiger partial charge in [0.1, 0.15) is 11.5 Å². The lowest BCUT2D eigenvalue weighted by Gasteiger charge is -2.27. The van der Waals surface area contributed by atoms with E-state index < -0.39 is 11.9 Å². The van der Waals surface area contributed by atoms with Gasteiger partial charge in [0.05, 0.1) is 24.0 Å². The van der Waals surface area contributed by atoms with Crippen molar-refractivity contribution in [2.24, 2.45) is 11.8 Å². The molecule has 0 atom stereocenters. The van der Waals surface area contributed by atoms with Gasteiger partial charge in [-0.1, -0.05) is 13.2 Å². The van der Waals surface area contributed by atoms with Gasteiger partial charge in [0, 0.05) is 12.2 Å². The zero-order valence-corrected chi connectivity index (χ0v) is 21.3. The van der Waals surface area contributed by atoms with Crippen LogP contribution in [-0.2, 0) is 38.1 Å². The first-order valence-corrected chi connectivity index (χ1v) is 12.7. The molecule has 0 unspecified atom stereocenters. The molecule has 0 amide bonds. The highest BCUT2D eigenvalue weighted by molar-refractivity contribution is 5.81. The minimum atomic E-state index is -0.539. The van der Waals surface area contributed by atoms with Crippen molar-refractivity contribution in [3.8, 4) is 11.5 Å². The monoisotopic (exact) mass is 530 g/mol. The summed E-state index contributed by atoms with van der Waals surface area (Å²) >= 11 is 0. The Kier molecular flexibility index (Phi) is 11.5. The van der Waals surface area contributed by atoms with Gasteiger partial charge in [0.25, 0.3) is 0 Å². The number of hydrogen-bond donors (Lipinski definition) is 0. The van der Waals surface area contributed by atoms with Crippen LogP contribution in [0.5, 0.6) is 11.5 Å². The van der Waals surface area contributed by atoms with Crippen molar-refractivity contribution >= 4 is 23.9 Å². The van der Waals surface area contributed by atoms with Crippen LogP contribution in [0.2, 0.25) is 0 Å². The molecule has 10 nitrogen and oxygen atoms in total. The molecule has 10 heteroatoms. The van der Waals surface area contributed by atoms with Crippen molar-refractivity contribution in [3.63, 3.8) is 0 Å². The molecule has 206 valence electrons. The Bertz CT molecular complexity index is 891. The Labute approximate surface area is 221 Å². The quantitative estimate of drug-likeness (QED) is 0.169. The molecule has 1 aromatic rings. The topological polar surface area (TPSA) is 124 Å². The first kappa shape index (κ1) is 29.1. The highest BCUT2D eigenvalue weighted by atomic mass is 16.7. The van der Waals surface area contributed by atoms with E-state index in [0.29, 0.717) is 62.9 Å². The van der Waals surface area contributed by atoms with E-state index in [2.05, 4.69) is 13.2 Å². The summed E-state index contributed by atoms with van der Waals surface area (Å²) in [5.74, 6) is -1.44. The molecule has 0 aromatic heterocycles. The van der Waals surface area contributed by atoms with E-state index in [1.807, 2.05) is 0 Å². The lowest BCUT2D eigenvalue weighted by molar-refractivity contribution is -0.159. The number of carbonyl (C=O) groups excluding carboxylic acids is 4. The van der Waals surface area contributed by atoms with Crippen LogP contribution in [0, 0.1) is 11.8 Å². The average Bonchev–Trinajstić information content (AvgIpc) is 2.94. The molecule has 38 heavy (non-hydrogen) atoms. The summed E-state index contributed by atoms with van der Waals surface area (Å²) < 4.78 is 31.7. The number of benzene rings is 1. The van der Waals surface area contributed by atoms with Crippen molar-refractivity contribution in [2.75, 3.05) is 13.6 Å². The minimum Gasteiger partial charge on any atom is -0.435 e. The second-order valence-corrected chi connectivity index (χ2v) is 9.16. The van der Waals surface area contributed by atoms with Crippen molar-refractivity contribution in [1.82, 2.24) is 0 Å². The van der Waals surface area contributed by atoms with Gasteiger partial charge in [-0.2, -0.15) is 0 Å². The fourth-order valence-corrected chi connectivity index (χ4v) is 4.40. The van der Waals surface area contributed by atoms with Crippen LogP contribution in [0.3, 0.4) is 0 Å². The fourth-order valence-electron chi connectivity index (χ4n) is 4.40. The van der Waals surface area contributed by atoms with E-state index in [9.17, 15) is 19.2 Å². The van der Waals surface area contributed by atoms with Gasteiger partial charge in [0.15, 0.2) is 13.6 Å². The molecule has 2 aliphatic rings. The third kappa shape index (κ3) is 9.42. The number of esters is 4. The van der Waals surface area contributed by atoms with Gasteiger partial charge in [-0.25, -0.2) is 9.59 Å². The van der Waals surface area contributed by atoms with Gasteiger partial charge in [0.2, 0.25) is 0 Å². The first-order valence-electron chi connectivity index (χ1n) is 12.7. The maximum absolute atomic E-state index is 12.6. The number of carbonyl (C=O) groups is 4. The molecule has 2 aliphatic carbocycles. The Morgan fingerprint density at radius 3 is 1.29 bits per heavy atom. The highest BCUT2D eigenvalue weighted by Crippen LogP contribution is 2.30. The SMILES string of the molecule is C=CC(=O)OCOC1CCC(C(=O)Oc2ccc(OC(=O)C3CCC(OCOC(=O)C=C)CC3)cc2)CC1.